The minimum atomic E-state index is -0.930. The molecule has 7 heteroatoms. The van der Waals surface area contributed by atoms with Crippen molar-refractivity contribution in [3.8, 4) is 5.75 Å². The van der Waals surface area contributed by atoms with E-state index in [1.165, 1.54) is 18.0 Å². The number of nitrogens with zero attached hydrogens (tertiary/aromatic N) is 1. The van der Waals surface area contributed by atoms with Gasteiger partial charge in [0.15, 0.2) is 0 Å². The largest absolute Gasteiger partial charge is 0.506 e. The molecular formula is C13H18N2O4S. The summed E-state index contributed by atoms with van der Waals surface area (Å²) in [4.78, 5) is 15.3. The molecule has 1 saturated heterocycles. The molecule has 4 N–H and O–H groups in total. The molecule has 1 aliphatic rings. The molecule has 1 unspecified atom stereocenters. The minimum Gasteiger partial charge on any atom is -0.506 e. The summed E-state index contributed by atoms with van der Waals surface area (Å²) in [7, 11) is 0. The van der Waals surface area contributed by atoms with Gasteiger partial charge >= 0.3 is 5.97 Å². The molecule has 0 amide bonds. The number of thioether (sulfide) groups is 1. The van der Waals surface area contributed by atoms with E-state index < -0.39 is 22.1 Å². The summed E-state index contributed by atoms with van der Waals surface area (Å²) >= 11 is 1.42. The average molecular weight is 298 g/mol. The lowest BCUT2D eigenvalue weighted by Gasteiger charge is -2.21. The number of nitrogens with one attached hydrogen (secondary N) is 1. The summed E-state index contributed by atoms with van der Waals surface area (Å²) in [5, 5.41) is 31.5. The van der Waals surface area contributed by atoms with E-state index in [1.54, 1.807) is 6.92 Å². The topological polar surface area (TPSA) is 103 Å². The van der Waals surface area contributed by atoms with Gasteiger partial charge < -0.3 is 15.3 Å². The number of hydrogen-bond donors (Lipinski definition) is 4. The molecule has 2 heterocycles. The second-order valence-electron chi connectivity index (χ2n) is 5.33. The Kier molecular flexibility index (Phi) is 3.95. The minimum absolute atomic E-state index is 0.00314. The van der Waals surface area contributed by atoms with Crippen LogP contribution in [-0.2, 0) is 11.4 Å². The van der Waals surface area contributed by atoms with E-state index in [9.17, 15) is 20.1 Å². The van der Waals surface area contributed by atoms with Crippen molar-refractivity contribution in [2.45, 2.75) is 43.5 Å². The van der Waals surface area contributed by atoms with Gasteiger partial charge in [-0.2, -0.15) is 0 Å². The Morgan fingerprint density at radius 1 is 1.55 bits per heavy atom. The van der Waals surface area contributed by atoms with Crippen LogP contribution in [0.4, 0.5) is 0 Å². The predicted octanol–water partition coefficient (Wildman–Crippen LogP) is 1.15. The molecule has 0 radical (unpaired) electrons. The number of aromatic nitrogens is 1. The summed E-state index contributed by atoms with van der Waals surface area (Å²) in [6.45, 7) is 5.09. The van der Waals surface area contributed by atoms with Crippen LogP contribution in [-0.4, -0.2) is 37.1 Å². The molecule has 0 bridgehead atoms. The van der Waals surface area contributed by atoms with Crippen molar-refractivity contribution >= 4 is 17.7 Å². The number of carbonyl (C=O) groups is 1. The van der Waals surface area contributed by atoms with Crippen molar-refractivity contribution in [3.05, 3.63) is 23.0 Å². The molecule has 0 spiro atoms. The van der Waals surface area contributed by atoms with Gasteiger partial charge in [-0.3, -0.25) is 15.1 Å². The molecule has 1 aliphatic heterocycles. The van der Waals surface area contributed by atoms with Gasteiger partial charge in [-0.25, -0.2) is 0 Å². The zero-order valence-corrected chi connectivity index (χ0v) is 12.4. The number of hydrogen-bond acceptors (Lipinski definition) is 6. The Morgan fingerprint density at radius 2 is 2.20 bits per heavy atom. The summed E-state index contributed by atoms with van der Waals surface area (Å²) < 4.78 is -0.521. The second kappa shape index (κ2) is 5.23. The van der Waals surface area contributed by atoms with E-state index >= 15 is 0 Å². The lowest BCUT2D eigenvalue weighted by molar-refractivity contribution is -0.139. The standard InChI is InChI=1S/C13H18N2O4S/c1-6-9(17)8(7(5-16)4-14-6)11-15-10(12(18)19)13(2,3)20-11/h4,10-11,15-17H,5H2,1-3H3,(H,18,19)/t10-,11?/m0/s1. The lowest BCUT2D eigenvalue weighted by Crippen LogP contribution is -2.43. The molecule has 2 atom stereocenters. The van der Waals surface area contributed by atoms with E-state index in [1.807, 2.05) is 13.8 Å². The second-order valence-corrected chi connectivity index (χ2v) is 7.09. The maximum absolute atomic E-state index is 11.3. The Hall–Kier alpha value is -1.31. The first kappa shape index (κ1) is 15.1. The van der Waals surface area contributed by atoms with Crippen molar-refractivity contribution < 1.29 is 20.1 Å². The van der Waals surface area contributed by atoms with Gasteiger partial charge in [0, 0.05) is 22.1 Å². The highest BCUT2D eigenvalue weighted by Gasteiger charge is 2.46. The summed E-state index contributed by atoms with van der Waals surface area (Å²) in [5.41, 5.74) is 1.47. The Bertz CT molecular complexity index is 547. The van der Waals surface area contributed by atoms with E-state index in [0.717, 1.165) is 0 Å². The molecule has 1 fully saturated rings. The van der Waals surface area contributed by atoms with E-state index in [2.05, 4.69) is 10.3 Å². The third-order valence-electron chi connectivity index (χ3n) is 3.47. The van der Waals surface area contributed by atoms with Gasteiger partial charge in [0.2, 0.25) is 0 Å². The zero-order valence-electron chi connectivity index (χ0n) is 11.5. The highest BCUT2D eigenvalue weighted by molar-refractivity contribution is 8.01. The Morgan fingerprint density at radius 3 is 2.70 bits per heavy atom. The van der Waals surface area contributed by atoms with Crippen LogP contribution >= 0.6 is 11.8 Å². The van der Waals surface area contributed by atoms with Crippen LogP contribution in [0.1, 0.15) is 36.0 Å². The number of aryl methyl sites for hydroxylation is 1. The van der Waals surface area contributed by atoms with E-state index in [4.69, 9.17) is 0 Å². The van der Waals surface area contributed by atoms with Gasteiger partial charge in [0.05, 0.1) is 17.7 Å². The first-order valence-corrected chi connectivity index (χ1v) is 7.10. The molecule has 2 rings (SSSR count). The number of aromatic hydroxyl groups is 1. The van der Waals surface area contributed by atoms with Gasteiger partial charge in [-0.15, -0.1) is 11.8 Å². The van der Waals surface area contributed by atoms with Gasteiger partial charge in [0.25, 0.3) is 0 Å². The highest BCUT2D eigenvalue weighted by Crippen LogP contribution is 2.48. The quantitative estimate of drug-likeness (QED) is 0.664. The smallest absolute Gasteiger partial charge is 0.322 e. The van der Waals surface area contributed by atoms with Crippen LogP contribution in [0, 0.1) is 6.92 Å². The fraction of sp³-hybridized carbons (Fsp3) is 0.538. The van der Waals surface area contributed by atoms with Crippen molar-refractivity contribution in [1.82, 2.24) is 10.3 Å². The highest BCUT2D eigenvalue weighted by atomic mass is 32.2. The van der Waals surface area contributed by atoms with Crippen LogP contribution in [0.2, 0.25) is 0 Å². The molecule has 1 aromatic rings. The fourth-order valence-electron chi connectivity index (χ4n) is 2.34. The SMILES string of the molecule is Cc1ncc(CO)c(C2N[C@@H](C(=O)O)C(C)(C)S2)c1O. The van der Waals surface area contributed by atoms with Crippen LogP contribution in [0.3, 0.4) is 0 Å². The number of aliphatic hydroxyl groups is 1. The van der Waals surface area contributed by atoms with Gasteiger partial charge in [-0.1, -0.05) is 0 Å². The summed E-state index contributed by atoms with van der Waals surface area (Å²) in [6.07, 6.45) is 1.51. The first-order chi connectivity index (χ1) is 9.27. The molecular weight excluding hydrogens is 280 g/mol. The van der Waals surface area contributed by atoms with Crippen molar-refractivity contribution in [2.75, 3.05) is 0 Å². The lowest BCUT2D eigenvalue weighted by atomic mass is 10.0. The molecule has 1 aromatic heterocycles. The molecule has 20 heavy (non-hydrogen) atoms. The first-order valence-electron chi connectivity index (χ1n) is 6.22. The maximum Gasteiger partial charge on any atom is 0.322 e. The van der Waals surface area contributed by atoms with Crippen LogP contribution in [0.15, 0.2) is 6.20 Å². The normalized spacial score (nSPS) is 24.8. The predicted molar refractivity (Wildman–Crippen MR) is 75.5 cm³/mol. The molecule has 110 valence electrons. The van der Waals surface area contributed by atoms with Crippen LogP contribution in [0.5, 0.6) is 5.75 Å². The number of carboxylic acid groups (broad SMARTS) is 1. The number of pyridine rings is 1. The van der Waals surface area contributed by atoms with E-state index in [-0.39, 0.29) is 12.4 Å². The Balaban J connectivity index is 2.44. The number of rotatable bonds is 3. The third-order valence-corrected chi connectivity index (χ3v) is 4.92. The molecule has 0 saturated carbocycles. The van der Waals surface area contributed by atoms with Gasteiger partial charge in [0.1, 0.15) is 11.8 Å². The van der Waals surface area contributed by atoms with Crippen molar-refractivity contribution in [2.24, 2.45) is 0 Å². The monoisotopic (exact) mass is 298 g/mol. The maximum atomic E-state index is 11.3. The average Bonchev–Trinajstić information content (AvgIpc) is 2.68. The van der Waals surface area contributed by atoms with Crippen LogP contribution < -0.4 is 5.32 Å². The summed E-state index contributed by atoms with van der Waals surface area (Å²) in [6, 6.07) is -0.725. The van der Waals surface area contributed by atoms with E-state index in [0.29, 0.717) is 16.8 Å². The summed E-state index contributed by atoms with van der Waals surface area (Å²) in [5.74, 6) is -0.927. The number of aliphatic hydroxyl groups excluding tert-OH is 1. The van der Waals surface area contributed by atoms with Crippen molar-refractivity contribution in [1.29, 1.82) is 0 Å². The fourth-order valence-corrected chi connectivity index (χ4v) is 3.84. The zero-order chi connectivity index (χ0) is 15.1. The van der Waals surface area contributed by atoms with Crippen molar-refractivity contribution in [3.63, 3.8) is 0 Å². The third kappa shape index (κ3) is 2.48. The molecule has 0 aliphatic carbocycles. The number of aliphatic carboxylic acids is 1. The number of carboxylic acids is 1. The Labute approximate surface area is 121 Å². The van der Waals surface area contributed by atoms with Gasteiger partial charge in [-0.05, 0) is 20.8 Å². The van der Waals surface area contributed by atoms with Crippen LogP contribution in [0.25, 0.3) is 0 Å². The molecule has 0 aromatic carbocycles. The molecule has 6 nitrogen and oxygen atoms in total.